The van der Waals surface area contributed by atoms with Gasteiger partial charge in [-0.3, -0.25) is 0 Å². The topological polar surface area (TPSA) is 114 Å². The molecule has 2 heterocycles. The van der Waals surface area contributed by atoms with Crippen LogP contribution in [0.25, 0.3) is 22.2 Å². The van der Waals surface area contributed by atoms with Crippen LogP contribution in [0.15, 0.2) is 48.8 Å². The Bertz CT molecular complexity index is 1800. The second-order valence-corrected chi connectivity index (χ2v) is 18.6. The summed E-state index contributed by atoms with van der Waals surface area (Å²) >= 11 is 4.94. The fraction of sp³-hybridized carbons (Fsp3) is 0.364. The molecule has 48 heavy (non-hydrogen) atoms. The van der Waals surface area contributed by atoms with Gasteiger partial charge in [-0.25, -0.2) is 22.5 Å². The van der Waals surface area contributed by atoms with Gasteiger partial charge in [0.1, 0.15) is 36.6 Å². The van der Waals surface area contributed by atoms with Crippen molar-refractivity contribution in [3.05, 3.63) is 66.0 Å². The maximum Gasteiger partial charge on any atom is 0.287 e. The van der Waals surface area contributed by atoms with E-state index < -0.39 is 44.5 Å². The van der Waals surface area contributed by atoms with Crippen LogP contribution in [0.5, 0.6) is 17.2 Å². The number of benzene rings is 2. The molecule has 2 aromatic carbocycles. The van der Waals surface area contributed by atoms with Crippen molar-refractivity contribution in [3.63, 3.8) is 0 Å². The van der Waals surface area contributed by atoms with Crippen LogP contribution in [0.3, 0.4) is 0 Å². The van der Waals surface area contributed by atoms with E-state index in [0.29, 0.717) is 40.1 Å². The van der Waals surface area contributed by atoms with Crippen molar-refractivity contribution in [2.24, 2.45) is 0 Å². The van der Waals surface area contributed by atoms with Gasteiger partial charge in [0.2, 0.25) is 0 Å². The standard InChI is InChI=1S/C33H37F4N5O4SSi/c1-20(2)45-27-7-6-21(12-22(27)15-38)24-16-42(19-44-10-11-48(3,4)5)31-29(24)28(8-9-39-31)46-30-25(34)13-23(14-26(30)35)41-32(47)40-17-33(36,37)18-43/h6-9,12-14,16,20,43H,10-11,17-19H2,1-5H3,(H2,40,41,47). The molecule has 0 aliphatic carbocycles. The molecule has 2 aromatic heterocycles. The lowest BCUT2D eigenvalue weighted by Crippen LogP contribution is -2.40. The molecule has 0 amide bonds. The van der Waals surface area contributed by atoms with Crippen LogP contribution in [0.1, 0.15) is 19.4 Å². The molecule has 0 atom stereocenters. The first-order valence-electron chi connectivity index (χ1n) is 15.1. The Hall–Kier alpha value is -4.23. The minimum absolute atomic E-state index is 0.0822. The van der Waals surface area contributed by atoms with Crippen molar-refractivity contribution in [2.45, 2.75) is 58.3 Å². The first kappa shape index (κ1) is 36.6. The zero-order valence-electron chi connectivity index (χ0n) is 27.2. The summed E-state index contributed by atoms with van der Waals surface area (Å²) in [5.41, 5.74) is 1.75. The number of alkyl halides is 2. The van der Waals surface area contributed by atoms with Crippen LogP contribution < -0.4 is 20.1 Å². The Balaban J connectivity index is 1.71. The predicted molar refractivity (Wildman–Crippen MR) is 182 cm³/mol. The number of hydrogen-bond acceptors (Lipinski definition) is 7. The summed E-state index contributed by atoms with van der Waals surface area (Å²) in [5.74, 6) is -5.85. The molecule has 15 heteroatoms. The number of aliphatic hydroxyl groups is 1. The van der Waals surface area contributed by atoms with Crippen molar-refractivity contribution < 1.29 is 36.9 Å². The van der Waals surface area contributed by atoms with Gasteiger partial charge in [0.05, 0.1) is 23.6 Å². The van der Waals surface area contributed by atoms with Crippen molar-refractivity contribution in [3.8, 4) is 34.4 Å². The molecular formula is C33H37F4N5O4SSi. The number of nitrogens with zero attached hydrogens (tertiary/aromatic N) is 3. The van der Waals surface area contributed by atoms with E-state index in [2.05, 4.69) is 41.3 Å². The number of aromatic nitrogens is 2. The van der Waals surface area contributed by atoms with Gasteiger partial charge in [-0.05, 0) is 55.9 Å². The fourth-order valence-electron chi connectivity index (χ4n) is 4.55. The van der Waals surface area contributed by atoms with Gasteiger partial charge in [0, 0.05) is 50.5 Å². The minimum Gasteiger partial charge on any atom is -0.490 e. The summed E-state index contributed by atoms with van der Waals surface area (Å²) in [6, 6.07) is 11.5. The molecular weight excluding hydrogens is 667 g/mol. The molecule has 0 saturated carbocycles. The highest BCUT2D eigenvalue weighted by molar-refractivity contribution is 7.80. The highest BCUT2D eigenvalue weighted by Crippen LogP contribution is 2.40. The highest BCUT2D eigenvalue weighted by atomic mass is 32.1. The van der Waals surface area contributed by atoms with Crippen LogP contribution in [-0.2, 0) is 11.5 Å². The zero-order valence-corrected chi connectivity index (χ0v) is 29.0. The van der Waals surface area contributed by atoms with Gasteiger partial charge in [0.15, 0.2) is 22.5 Å². The Morgan fingerprint density at radius 3 is 2.46 bits per heavy atom. The summed E-state index contributed by atoms with van der Waals surface area (Å²) in [6.45, 7) is 8.77. The van der Waals surface area contributed by atoms with Crippen molar-refractivity contribution >= 4 is 42.1 Å². The van der Waals surface area contributed by atoms with Crippen LogP contribution in [0.2, 0.25) is 25.7 Å². The number of aliphatic hydroxyl groups excluding tert-OH is 1. The third kappa shape index (κ3) is 9.44. The normalized spacial score (nSPS) is 11.9. The molecule has 0 radical (unpaired) electrons. The van der Waals surface area contributed by atoms with E-state index in [4.69, 9.17) is 31.5 Å². The number of ether oxygens (including phenoxy) is 3. The van der Waals surface area contributed by atoms with Gasteiger partial charge >= 0.3 is 0 Å². The number of pyridine rings is 1. The molecule has 0 aliphatic rings. The maximum absolute atomic E-state index is 15.3. The van der Waals surface area contributed by atoms with Crippen molar-refractivity contribution in [2.75, 3.05) is 25.1 Å². The van der Waals surface area contributed by atoms with E-state index in [-0.39, 0.29) is 29.4 Å². The van der Waals surface area contributed by atoms with Gasteiger partial charge < -0.3 is 34.5 Å². The van der Waals surface area contributed by atoms with Crippen LogP contribution in [0, 0.1) is 23.0 Å². The van der Waals surface area contributed by atoms with Gasteiger partial charge in [0.25, 0.3) is 5.92 Å². The summed E-state index contributed by atoms with van der Waals surface area (Å²) in [7, 11) is -1.35. The number of hydrogen-bond donors (Lipinski definition) is 3. The minimum atomic E-state index is -3.44. The largest absolute Gasteiger partial charge is 0.490 e. The lowest BCUT2D eigenvalue weighted by Gasteiger charge is -2.17. The van der Waals surface area contributed by atoms with Crippen LogP contribution >= 0.6 is 12.2 Å². The summed E-state index contributed by atoms with van der Waals surface area (Å²) in [4.78, 5) is 4.52. The maximum atomic E-state index is 15.3. The lowest BCUT2D eigenvalue weighted by atomic mass is 10.0. The van der Waals surface area contributed by atoms with Gasteiger partial charge in [-0.15, -0.1) is 0 Å². The third-order valence-corrected chi connectivity index (χ3v) is 8.88. The third-order valence-electron chi connectivity index (χ3n) is 6.93. The Labute approximate surface area is 282 Å². The molecule has 0 aliphatic heterocycles. The van der Waals surface area contributed by atoms with Gasteiger partial charge in [-0.1, -0.05) is 25.7 Å². The van der Waals surface area contributed by atoms with E-state index in [1.165, 1.54) is 12.3 Å². The Morgan fingerprint density at radius 1 is 1.12 bits per heavy atom. The zero-order chi connectivity index (χ0) is 35.2. The highest BCUT2D eigenvalue weighted by Gasteiger charge is 2.28. The second-order valence-electron chi connectivity index (χ2n) is 12.6. The SMILES string of the molecule is CC(C)Oc1ccc(-c2cn(COCC[Si](C)(C)C)c3nccc(Oc4c(F)cc(NC(=S)NCC(F)(F)CO)cc4F)c23)cc1C#N. The molecule has 0 bridgehead atoms. The van der Waals surface area contributed by atoms with Crippen molar-refractivity contribution in [1.82, 2.24) is 14.9 Å². The molecule has 3 N–H and O–H groups in total. The van der Waals surface area contributed by atoms with Crippen LogP contribution in [-0.4, -0.2) is 59.6 Å². The number of nitriles is 1. The molecule has 0 saturated heterocycles. The van der Waals surface area contributed by atoms with E-state index in [9.17, 15) is 14.0 Å². The summed E-state index contributed by atoms with van der Waals surface area (Å²) < 4.78 is 76.8. The fourth-order valence-corrected chi connectivity index (χ4v) is 5.50. The van der Waals surface area contributed by atoms with E-state index in [0.717, 1.165) is 18.2 Å². The quantitative estimate of drug-likeness (QED) is 0.0527. The molecule has 4 rings (SSSR count). The Morgan fingerprint density at radius 2 is 1.83 bits per heavy atom. The molecule has 0 spiro atoms. The molecule has 0 unspecified atom stereocenters. The molecule has 4 aromatic rings. The first-order valence-corrected chi connectivity index (χ1v) is 19.2. The van der Waals surface area contributed by atoms with Crippen molar-refractivity contribution in [1.29, 1.82) is 5.26 Å². The first-order chi connectivity index (χ1) is 22.6. The van der Waals surface area contributed by atoms with E-state index in [1.807, 2.05) is 13.8 Å². The van der Waals surface area contributed by atoms with Crippen LogP contribution in [0.4, 0.5) is 23.2 Å². The number of anilines is 1. The second kappa shape index (κ2) is 15.3. The molecule has 9 nitrogen and oxygen atoms in total. The monoisotopic (exact) mass is 703 g/mol. The van der Waals surface area contributed by atoms with E-state index in [1.54, 1.807) is 29.0 Å². The summed E-state index contributed by atoms with van der Waals surface area (Å²) in [6.07, 6.45) is 3.07. The number of halogens is 4. The predicted octanol–water partition coefficient (Wildman–Crippen LogP) is 7.66. The average molecular weight is 704 g/mol. The lowest BCUT2D eigenvalue weighted by molar-refractivity contribution is -0.0442. The smallest absolute Gasteiger partial charge is 0.287 e. The van der Waals surface area contributed by atoms with E-state index >= 15 is 8.78 Å². The number of rotatable bonds is 14. The number of thiocarbonyl (C=S) groups is 1. The number of fused-ring (bicyclic) bond motifs is 1. The van der Waals surface area contributed by atoms with Gasteiger partial charge in [-0.2, -0.15) is 5.26 Å². The number of nitrogens with one attached hydrogen (secondary N) is 2. The molecule has 0 fully saturated rings. The summed E-state index contributed by atoms with van der Waals surface area (Å²) in [5, 5.41) is 23.3. The molecule has 256 valence electrons. The Kier molecular flexibility index (Phi) is 11.7. The average Bonchev–Trinajstić information content (AvgIpc) is 3.39.